The molecule has 1 nitrogen and oxygen atoms in total. The first-order valence-electron chi connectivity index (χ1n) is 6.76. The Kier molecular flexibility index (Phi) is 6.34. The van der Waals surface area contributed by atoms with Gasteiger partial charge in [-0.25, -0.2) is 10.0 Å². The molecule has 0 saturated carbocycles. The van der Waals surface area contributed by atoms with Gasteiger partial charge in [0.05, 0.1) is 0 Å². The largest absolute Gasteiger partial charge is 0.490 e. The second-order valence-corrected chi connectivity index (χ2v) is 8.95. The number of hydrogen-bond donors (Lipinski definition) is 0. The van der Waals surface area contributed by atoms with Crippen LogP contribution in [0.1, 0.15) is 26.3 Å². The fraction of sp³-hybridized carbons (Fsp3) is 0.500. The van der Waals surface area contributed by atoms with E-state index in [2.05, 4.69) is 51.6 Å². The quantitative estimate of drug-likeness (QED) is 0.624. The van der Waals surface area contributed by atoms with Gasteiger partial charge in [-0.3, -0.25) is 0 Å². The standard InChI is InChI=1S/C16H26OS/c1-5-13-17-16-11-9-15(10-12-16)14-18(6-2,7-3)8-4/h5,9-12H,1,6-8,13-14H2,2-4H3. The molecule has 0 heterocycles. The molecular weight excluding hydrogens is 240 g/mol. The first-order chi connectivity index (χ1) is 8.69. The maximum atomic E-state index is 5.51. The summed E-state index contributed by atoms with van der Waals surface area (Å²) in [7, 11) is -0.450. The molecule has 0 spiro atoms. The number of benzene rings is 1. The molecule has 0 saturated heterocycles. The van der Waals surface area contributed by atoms with Gasteiger partial charge in [-0.05, 0) is 35.0 Å². The summed E-state index contributed by atoms with van der Waals surface area (Å²) in [5.74, 6) is 6.17. The van der Waals surface area contributed by atoms with Crippen LogP contribution in [-0.4, -0.2) is 23.9 Å². The van der Waals surface area contributed by atoms with Gasteiger partial charge in [0.2, 0.25) is 0 Å². The van der Waals surface area contributed by atoms with Crippen molar-refractivity contribution in [2.45, 2.75) is 26.5 Å². The van der Waals surface area contributed by atoms with Gasteiger partial charge in [-0.15, -0.1) is 0 Å². The van der Waals surface area contributed by atoms with E-state index in [0.717, 1.165) is 5.75 Å². The summed E-state index contributed by atoms with van der Waals surface area (Å²) < 4.78 is 5.51. The summed E-state index contributed by atoms with van der Waals surface area (Å²) in [4.78, 5) is 0. The van der Waals surface area contributed by atoms with Gasteiger partial charge in [-0.2, -0.15) is 0 Å². The molecule has 102 valence electrons. The Morgan fingerprint density at radius 3 is 2.06 bits per heavy atom. The van der Waals surface area contributed by atoms with Gasteiger partial charge in [-0.1, -0.05) is 45.6 Å². The zero-order valence-corrected chi connectivity index (χ0v) is 12.8. The van der Waals surface area contributed by atoms with Crippen LogP contribution in [0.2, 0.25) is 0 Å². The summed E-state index contributed by atoms with van der Waals surface area (Å²) in [6.45, 7) is 11.2. The van der Waals surface area contributed by atoms with Crippen LogP contribution in [0.15, 0.2) is 36.9 Å². The predicted octanol–water partition coefficient (Wildman–Crippen LogP) is 4.62. The molecule has 0 aromatic heterocycles. The fourth-order valence-corrected chi connectivity index (χ4v) is 4.85. The Labute approximate surface area is 114 Å². The highest BCUT2D eigenvalue weighted by molar-refractivity contribution is 8.33. The van der Waals surface area contributed by atoms with E-state index in [1.807, 2.05) is 0 Å². The highest BCUT2D eigenvalue weighted by atomic mass is 32.3. The van der Waals surface area contributed by atoms with Crippen LogP contribution < -0.4 is 4.74 Å². The number of ether oxygens (including phenoxy) is 1. The van der Waals surface area contributed by atoms with E-state index >= 15 is 0 Å². The molecular formula is C16H26OS. The van der Waals surface area contributed by atoms with Crippen LogP contribution in [0.3, 0.4) is 0 Å². The van der Waals surface area contributed by atoms with Crippen molar-refractivity contribution in [3.8, 4) is 5.75 Å². The lowest BCUT2D eigenvalue weighted by molar-refractivity contribution is 0.363. The molecule has 1 aromatic carbocycles. The van der Waals surface area contributed by atoms with Gasteiger partial charge in [0, 0.05) is 5.75 Å². The van der Waals surface area contributed by atoms with Crippen molar-refractivity contribution in [3.05, 3.63) is 42.5 Å². The molecule has 2 heteroatoms. The van der Waals surface area contributed by atoms with Crippen molar-refractivity contribution in [1.82, 2.24) is 0 Å². The third kappa shape index (κ3) is 4.09. The van der Waals surface area contributed by atoms with Crippen LogP contribution in [0.4, 0.5) is 0 Å². The maximum absolute atomic E-state index is 5.51. The zero-order chi connectivity index (χ0) is 13.4. The molecule has 1 rings (SSSR count). The molecule has 0 bridgehead atoms. The molecule has 0 fully saturated rings. The van der Waals surface area contributed by atoms with E-state index in [9.17, 15) is 0 Å². The zero-order valence-electron chi connectivity index (χ0n) is 11.9. The molecule has 0 aliphatic heterocycles. The van der Waals surface area contributed by atoms with E-state index in [1.165, 1.54) is 28.6 Å². The maximum Gasteiger partial charge on any atom is 0.119 e. The van der Waals surface area contributed by atoms with Crippen molar-refractivity contribution >= 4 is 10.0 Å². The minimum atomic E-state index is -0.450. The van der Waals surface area contributed by atoms with Crippen molar-refractivity contribution < 1.29 is 4.74 Å². The number of rotatable bonds is 8. The van der Waals surface area contributed by atoms with Gasteiger partial charge in [0.15, 0.2) is 0 Å². The molecule has 0 unspecified atom stereocenters. The Morgan fingerprint density at radius 2 is 1.61 bits per heavy atom. The SMILES string of the molecule is C=CCOc1ccc(CS(CC)(CC)CC)cc1. The van der Waals surface area contributed by atoms with Crippen LogP contribution in [0.25, 0.3) is 0 Å². The fourth-order valence-electron chi connectivity index (χ4n) is 2.11. The normalized spacial score (nSPS) is 12.2. The lowest BCUT2D eigenvalue weighted by Crippen LogP contribution is -2.11. The minimum absolute atomic E-state index is 0.450. The first kappa shape index (κ1) is 15.2. The topological polar surface area (TPSA) is 9.23 Å². The molecule has 0 atom stereocenters. The van der Waals surface area contributed by atoms with E-state index in [0.29, 0.717) is 6.61 Å². The molecule has 1 aromatic rings. The summed E-state index contributed by atoms with van der Waals surface area (Å²) >= 11 is 0. The Hall–Kier alpha value is -0.890. The lowest BCUT2D eigenvalue weighted by Gasteiger charge is -2.37. The summed E-state index contributed by atoms with van der Waals surface area (Å²) in [5.41, 5.74) is 1.45. The minimum Gasteiger partial charge on any atom is -0.490 e. The molecule has 0 N–H and O–H groups in total. The third-order valence-electron chi connectivity index (χ3n) is 3.60. The van der Waals surface area contributed by atoms with Crippen LogP contribution in [-0.2, 0) is 5.75 Å². The van der Waals surface area contributed by atoms with Crippen molar-refractivity contribution in [2.75, 3.05) is 23.9 Å². The van der Waals surface area contributed by atoms with Crippen molar-refractivity contribution in [3.63, 3.8) is 0 Å². The molecule has 0 amide bonds. The summed E-state index contributed by atoms with van der Waals surface area (Å²) in [6, 6.07) is 8.57. The lowest BCUT2D eigenvalue weighted by atomic mass is 10.2. The summed E-state index contributed by atoms with van der Waals surface area (Å²) in [6.07, 6.45) is 1.77. The Morgan fingerprint density at radius 1 is 1.06 bits per heavy atom. The van der Waals surface area contributed by atoms with Gasteiger partial charge in [0.25, 0.3) is 0 Å². The van der Waals surface area contributed by atoms with Crippen LogP contribution in [0, 0.1) is 0 Å². The third-order valence-corrected chi connectivity index (χ3v) is 8.22. The molecule has 0 aliphatic rings. The average molecular weight is 266 g/mol. The van der Waals surface area contributed by atoms with Crippen molar-refractivity contribution in [1.29, 1.82) is 0 Å². The van der Waals surface area contributed by atoms with Crippen molar-refractivity contribution in [2.24, 2.45) is 0 Å². The number of hydrogen-bond acceptors (Lipinski definition) is 1. The Balaban J connectivity index is 2.70. The van der Waals surface area contributed by atoms with Gasteiger partial charge >= 0.3 is 0 Å². The second kappa shape index (κ2) is 7.52. The monoisotopic (exact) mass is 266 g/mol. The van der Waals surface area contributed by atoms with Crippen LogP contribution in [0.5, 0.6) is 5.75 Å². The highest BCUT2D eigenvalue weighted by Crippen LogP contribution is 2.49. The summed E-state index contributed by atoms with van der Waals surface area (Å²) in [5, 5.41) is 0. The molecule has 0 radical (unpaired) electrons. The first-order valence-corrected chi connectivity index (χ1v) is 9.07. The predicted molar refractivity (Wildman–Crippen MR) is 85.1 cm³/mol. The average Bonchev–Trinajstić information content (AvgIpc) is 2.44. The van der Waals surface area contributed by atoms with E-state index in [-0.39, 0.29) is 0 Å². The van der Waals surface area contributed by atoms with Gasteiger partial charge in [0.1, 0.15) is 12.4 Å². The Bertz CT molecular complexity index is 344. The van der Waals surface area contributed by atoms with Crippen LogP contribution >= 0.6 is 10.0 Å². The van der Waals surface area contributed by atoms with Gasteiger partial charge < -0.3 is 4.74 Å². The van der Waals surface area contributed by atoms with E-state index < -0.39 is 10.0 Å². The smallest absolute Gasteiger partial charge is 0.119 e. The highest BCUT2D eigenvalue weighted by Gasteiger charge is 2.17. The molecule has 0 aliphatic carbocycles. The van der Waals surface area contributed by atoms with E-state index in [1.54, 1.807) is 6.08 Å². The molecule has 18 heavy (non-hydrogen) atoms. The second-order valence-electron chi connectivity index (χ2n) is 4.48. The van der Waals surface area contributed by atoms with E-state index in [4.69, 9.17) is 4.74 Å².